The molecular formula is C19H20FN3O. The van der Waals surface area contributed by atoms with E-state index < -0.39 is 0 Å². The van der Waals surface area contributed by atoms with Crippen LogP contribution in [0.15, 0.2) is 48.5 Å². The van der Waals surface area contributed by atoms with Gasteiger partial charge >= 0.3 is 0 Å². The summed E-state index contributed by atoms with van der Waals surface area (Å²) in [6.07, 6.45) is 0.388. The van der Waals surface area contributed by atoms with E-state index in [1.807, 2.05) is 18.2 Å². The van der Waals surface area contributed by atoms with Crippen molar-refractivity contribution in [2.75, 3.05) is 29.9 Å². The lowest BCUT2D eigenvalue weighted by Gasteiger charge is -2.42. The van der Waals surface area contributed by atoms with Crippen molar-refractivity contribution in [2.45, 2.75) is 19.0 Å². The van der Waals surface area contributed by atoms with Crippen LogP contribution < -0.4 is 10.2 Å². The minimum absolute atomic E-state index is 0.000567. The van der Waals surface area contributed by atoms with Crippen molar-refractivity contribution in [3.8, 4) is 0 Å². The molecule has 1 saturated heterocycles. The molecule has 0 bridgehead atoms. The number of carbonyl (C=O) groups excluding carboxylic acids is 1. The first kappa shape index (κ1) is 15.1. The quantitative estimate of drug-likeness (QED) is 0.922. The lowest BCUT2D eigenvalue weighted by Crippen LogP contribution is -2.53. The standard InChI is InChI=1S/C19H20FN3O/c20-16-7-4-8-17-19(16)23-10-9-22(12-14-5-2-1-3-6-14)13-15(23)11-18(24)21-17/h1-8,15H,9-13H2,(H,21,24). The number of halogens is 1. The van der Waals surface area contributed by atoms with Gasteiger partial charge in [-0.1, -0.05) is 36.4 Å². The number of hydrogen-bond donors (Lipinski definition) is 1. The molecule has 0 saturated carbocycles. The molecule has 5 heteroatoms. The summed E-state index contributed by atoms with van der Waals surface area (Å²) in [5.74, 6) is -0.313. The molecule has 2 aliphatic rings. The molecule has 24 heavy (non-hydrogen) atoms. The van der Waals surface area contributed by atoms with Crippen molar-refractivity contribution in [1.82, 2.24) is 4.90 Å². The van der Waals surface area contributed by atoms with Gasteiger partial charge in [-0.3, -0.25) is 9.69 Å². The summed E-state index contributed by atoms with van der Waals surface area (Å²) >= 11 is 0. The van der Waals surface area contributed by atoms with Gasteiger partial charge in [0.25, 0.3) is 0 Å². The molecule has 4 nitrogen and oxygen atoms in total. The Morgan fingerprint density at radius 3 is 2.75 bits per heavy atom. The molecule has 4 rings (SSSR count). The molecule has 0 aliphatic carbocycles. The number of fused-ring (bicyclic) bond motifs is 3. The fraction of sp³-hybridized carbons (Fsp3) is 0.316. The molecule has 1 amide bonds. The Kier molecular flexibility index (Phi) is 3.94. The van der Waals surface area contributed by atoms with E-state index in [2.05, 4.69) is 27.2 Å². The second kappa shape index (κ2) is 6.24. The molecule has 2 aromatic rings. The summed E-state index contributed by atoms with van der Waals surface area (Å²) in [5, 5.41) is 2.84. The van der Waals surface area contributed by atoms with Crippen molar-refractivity contribution in [3.63, 3.8) is 0 Å². The zero-order valence-electron chi connectivity index (χ0n) is 13.4. The summed E-state index contributed by atoms with van der Waals surface area (Å²) in [6.45, 7) is 3.20. The number of anilines is 2. The molecular weight excluding hydrogens is 305 g/mol. The third-order valence-electron chi connectivity index (χ3n) is 4.78. The van der Waals surface area contributed by atoms with Gasteiger partial charge in [-0.2, -0.15) is 0 Å². The van der Waals surface area contributed by atoms with Crippen molar-refractivity contribution < 1.29 is 9.18 Å². The summed E-state index contributed by atoms with van der Waals surface area (Å²) in [5.41, 5.74) is 2.38. The highest BCUT2D eigenvalue weighted by atomic mass is 19.1. The van der Waals surface area contributed by atoms with Crippen LogP contribution in [-0.2, 0) is 11.3 Å². The molecule has 124 valence electrons. The maximum absolute atomic E-state index is 14.4. The number of nitrogens with one attached hydrogen (secondary N) is 1. The van der Waals surface area contributed by atoms with Gasteiger partial charge in [0, 0.05) is 32.6 Å². The van der Waals surface area contributed by atoms with Gasteiger partial charge in [0.05, 0.1) is 17.4 Å². The summed E-state index contributed by atoms with van der Waals surface area (Å²) < 4.78 is 14.4. The van der Waals surface area contributed by atoms with Crippen LogP contribution in [-0.4, -0.2) is 36.5 Å². The second-order valence-corrected chi connectivity index (χ2v) is 6.46. The largest absolute Gasteiger partial charge is 0.361 e. The Hall–Kier alpha value is -2.40. The van der Waals surface area contributed by atoms with Gasteiger partial charge in [-0.05, 0) is 17.7 Å². The van der Waals surface area contributed by atoms with E-state index in [0.717, 1.165) is 26.2 Å². The normalized spacial score (nSPS) is 20.8. The maximum atomic E-state index is 14.4. The van der Waals surface area contributed by atoms with Crippen LogP contribution in [0, 0.1) is 5.82 Å². The predicted molar refractivity (Wildman–Crippen MR) is 92.5 cm³/mol. The third-order valence-corrected chi connectivity index (χ3v) is 4.78. The van der Waals surface area contributed by atoms with Gasteiger partial charge < -0.3 is 10.2 Å². The maximum Gasteiger partial charge on any atom is 0.226 e. The van der Waals surface area contributed by atoms with Gasteiger partial charge in [-0.25, -0.2) is 4.39 Å². The molecule has 1 unspecified atom stereocenters. The average Bonchev–Trinajstić information content (AvgIpc) is 2.71. The number of hydrogen-bond acceptors (Lipinski definition) is 3. The first-order chi connectivity index (χ1) is 11.7. The summed E-state index contributed by atoms with van der Waals surface area (Å²) in [7, 11) is 0. The SMILES string of the molecule is O=C1CC2CN(Cc3ccccc3)CCN2c2c(F)cccc2N1. The highest BCUT2D eigenvalue weighted by Gasteiger charge is 2.34. The Bertz CT molecular complexity index is 750. The van der Waals surface area contributed by atoms with Crippen LogP contribution >= 0.6 is 0 Å². The molecule has 1 fully saturated rings. The van der Waals surface area contributed by atoms with E-state index in [-0.39, 0.29) is 17.8 Å². The van der Waals surface area contributed by atoms with Crippen LogP contribution in [0.3, 0.4) is 0 Å². The van der Waals surface area contributed by atoms with Crippen molar-refractivity contribution >= 4 is 17.3 Å². The van der Waals surface area contributed by atoms with Crippen LogP contribution in [0.25, 0.3) is 0 Å². The fourth-order valence-electron chi connectivity index (χ4n) is 3.70. The number of amides is 1. The van der Waals surface area contributed by atoms with E-state index in [9.17, 15) is 9.18 Å². The van der Waals surface area contributed by atoms with E-state index in [1.165, 1.54) is 11.6 Å². The zero-order chi connectivity index (χ0) is 16.5. The molecule has 0 aromatic heterocycles. The van der Waals surface area contributed by atoms with Crippen LogP contribution in [0.1, 0.15) is 12.0 Å². The second-order valence-electron chi connectivity index (χ2n) is 6.46. The highest BCUT2D eigenvalue weighted by molar-refractivity contribution is 5.96. The Labute approximate surface area is 140 Å². The molecule has 2 aromatic carbocycles. The predicted octanol–water partition coefficient (Wildman–Crippen LogP) is 2.86. The Morgan fingerprint density at radius 2 is 1.92 bits per heavy atom. The highest BCUT2D eigenvalue weighted by Crippen LogP contribution is 2.35. The Balaban J connectivity index is 1.58. The molecule has 1 N–H and O–H groups in total. The van der Waals surface area contributed by atoms with Gasteiger partial charge in [0.1, 0.15) is 5.82 Å². The number of carbonyl (C=O) groups is 1. The van der Waals surface area contributed by atoms with Gasteiger partial charge in [0.15, 0.2) is 0 Å². The van der Waals surface area contributed by atoms with Crippen molar-refractivity contribution in [3.05, 3.63) is 59.9 Å². The van der Waals surface area contributed by atoms with Crippen LogP contribution in [0.2, 0.25) is 0 Å². The van der Waals surface area contributed by atoms with Crippen molar-refractivity contribution in [1.29, 1.82) is 0 Å². The zero-order valence-corrected chi connectivity index (χ0v) is 13.4. The molecule has 0 radical (unpaired) electrons. The topological polar surface area (TPSA) is 35.6 Å². The molecule has 0 spiro atoms. The van der Waals surface area contributed by atoms with E-state index in [0.29, 0.717) is 17.8 Å². The fourth-order valence-corrected chi connectivity index (χ4v) is 3.70. The van der Waals surface area contributed by atoms with Gasteiger partial charge in [-0.15, -0.1) is 0 Å². The van der Waals surface area contributed by atoms with Crippen LogP contribution in [0.5, 0.6) is 0 Å². The Morgan fingerprint density at radius 1 is 1.08 bits per heavy atom. The number of piperazine rings is 1. The minimum atomic E-state index is -0.267. The first-order valence-electron chi connectivity index (χ1n) is 8.32. The monoisotopic (exact) mass is 325 g/mol. The first-order valence-corrected chi connectivity index (χ1v) is 8.32. The van der Waals surface area contributed by atoms with E-state index in [4.69, 9.17) is 0 Å². The molecule has 1 atom stereocenters. The van der Waals surface area contributed by atoms with E-state index in [1.54, 1.807) is 12.1 Å². The lowest BCUT2D eigenvalue weighted by molar-refractivity contribution is -0.116. The molecule has 2 heterocycles. The third kappa shape index (κ3) is 2.87. The summed E-state index contributed by atoms with van der Waals surface area (Å²) in [6, 6.07) is 15.2. The number of rotatable bonds is 2. The van der Waals surface area contributed by atoms with E-state index >= 15 is 0 Å². The number of benzene rings is 2. The van der Waals surface area contributed by atoms with Gasteiger partial charge in [0.2, 0.25) is 5.91 Å². The number of para-hydroxylation sites is 1. The number of nitrogens with zero attached hydrogens (tertiary/aromatic N) is 2. The van der Waals surface area contributed by atoms with Crippen LogP contribution in [0.4, 0.5) is 15.8 Å². The van der Waals surface area contributed by atoms with Crippen molar-refractivity contribution in [2.24, 2.45) is 0 Å². The average molecular weight is 325 g/mol. The smallest absolute Gasteiger partial charge is 0.226 e. The summed E-state index contributed by atoms with van der Waals surface area (Å²) in [4.78, 5) is 16.6. The molecule has 2 aliphatic heterocycles. The lowest BCUT2D eigenvalue weighted by atomic mass is 10.1. The minimum Gasteiger partial charge on any atom is -0.361 e.